The Morgan fingerprint density at radius 2 is 1.89 bits per heavy atom. The van der Waals surface area contributed by atoms with Gasteiger partial charge in [-0.15, -0.1) is 0 Å². The summed E-state index contributed by atoms with van der Waals surface area (Å²) >= 11 is 0. The van der Waals surface area contributed by atoms with Gasteiger partial charge in [0.2, 0.25) is 0 Å². The Kier molecular flexibility index (Phi) is 3.74. The van der Waals surface area contributed by atoms with Crippen LogP contribution in [0.3, 0.4) is 0 Å². The van der Waals surface area contributed by atoms with Crippen LogP contribution in [0, 0.1) is 0 Å². The van der Waals surface area contributed by atoms with Crippen molar-refractivity contribution >= 4 is 5.82 Å². The molecule has 19 heavy (non-hydrogen) atoms. The number of anilines is 1. The maximum Gasteiger partial charge on any atom is 0.387 e. The molecule has 0 spiro atoms. The van der Waals surface area contributed by atoms with Crippen LogP contribution in [0.15, 0.2) is 30.6 Å². The van der Waals surface area contributed by atoms with Crippen LogP contribution in [-0.4, -0.2) is 23.7 Å². The lowest BCUT2D eigenvalue weighted by atomic mass is 10.1. The van der Waals surface area contributed by atoms with Crippen LogP contribution >= 0.6 is 0 Å². The highest BCUT2D eigenvalue weighted by atomic mass is 19.3. The van der Waals surface area contributed by atoms with E-state index < -0.39 is 6.61 Å². The average Bonchev–Trinajstić information content (AvgIpc) is 2.38. The summed E-state index contributed by atoms with van der Waals surface area (Å²) in [6.45, 7) is -2.94. The standard InChI is InChI=1S/C12H11F2N3O2/c1-18-8-3-2-7(6-9(8)19-12(13)14)10-11(15)17-5-4-16-10/h2-6,12H,1H3,(H2,15,17). The minimum atomic E-state index is -2.94. The van der Waals surface area contributed by atoms with Crippen LogP contribution in [0.5, 0.6) is 11.5 Å². The first-order valence-corrected chi connectivity index (χ1v) is 5.31. The van der Waals surface area contributed by atoms with Gasteiger partial charge in [0.1, 0.15) is 11.5 Å². The molecule has 2 N–H and O–H groups in total. The number of ether oxygens (including phenoxy) is 2. The molecule has 1 aromatic carbocycles. The Labute approximate surface area is 108 Å². The summed E-state index contributed by atoms with van der Waals surface area (Å²) in [6.07, 6.45) is 2.91. The zero-order valence-corrected chi connectivity index (χ0v) is 10.0. The molecule has 100 valence electrons. The first-order chi connectivity index (χ1) is 9.11. The molecule has 0 bridgehead atoms. The van der Waals surface area contributed by atoms with Crippen molar-refractivity contribution in [3.8, 4) is 22.8 Å². The summed E-state index contributed by atoms with van der Waals surface area (Å²) in [4.78, 5) is 7.94. The Hall–Kier alpha value is -2.44. The molecule has 2 rings (SSSR count). The molecular formula is C12H11F2N3O2. The van der Waals surface area contributed by atoms with Crippen molar-refractivity contribution in [2.24, 2.45) is 0 Å². The Morgan fingerprint density at radius 1 is 1.16 bits per heavy atom. The van der Waals surface area contributed by atoms with Gasteiger partial charge in [-0.2, -0.15) is 8.78 Å². The number of rotatable bonds is 4. The molecule has 1 aromatic heterocycles. The molecule has 0 unspecified atom stereocenters. The van der Waals surface area contributed by atoms with E-state index in [-0.39, 0.29) is 17.3 Å². The molecule has 0 atom stereocenters. The highest BCUT2D eigenvalue weighted by molar-refractivity contribution is 5.71. The highest BCUT2D eigenvalue weighted by Crippen LogP contribution is 2.33. The molecule has 0 amide bonds. The summed E-state index contributed by atoms with van der Waals surface area (Å²) in [5.41, 5.74) is 6.59. The van der Waals surface area contributed by atoms with Crippen molar-refractivity contribution in [3.05, 3.63) is 30.6 Å². The van der Waals surface area contributed by atoms with E-state index in [2.05, 4.69) is 14.7 Å². The van der Waals surface area contributed by atoms with Crippen LogP contribution in [0.4, 0.5) is 14.6 Å². The van der Waals surface area contributed by atoms with E-state index in [0.717, 1.165) is 0 Å². The SMILES string of the molecule is COc1ccc(-c2nccnc2N)cc1OC(F)F. The zero-order valence-electron chi connectivity index (χ0n) is 10.0. The predicted molar refractivity (Wildman–Crippen MR) is 65.1 cm³/mol. The molecule has 0 saturated heterocycles. The fraction of sp³-hybridized carbons (Fsp3) is 0.167. The van der Waals surface area contributed by atoms with Crippen LogP contribution < -0.4 is 15.2 Å². The van der Waals surface area contributed by atoms with Gasteiger partial charge >= 0.3 is 6.61 Å². The van der Waals surface area contributed by atoms with Crippen molar-refractivity contribution in [1.82, 2.24) is 9.97 Å². The second-order valence-corrected chi connectivity index (χ2v) is 3.53. The summed E-state index contributed by atoms with van der Waals surface area (Å²) < 4.78 is 34.0. The summed E-state index contributed by atoms with van der Waals surface area (Å²) in [6, 6.07) is 4.52. The third-order valence-electron chi connectivity index (χ3n) is 2.38. The van der Waals surface area contributed by atoms with E-state index in [1.165, 1.54) is 31.6 Å². The first kappa shape index (κ1) is 13.0. The van der Waals surface area contributed by atoms with Gasteiger partial charge in [-0.05, 0) is 18.2 Å². The molecule has 2 aromatic rings. The molecule has 0 saturated carbocycles. The maximum absolute atomic E-state index is 12.3. The lowest BCUT2D eigenvalue weighted by molar-refractivity contribution is -0.0511. The van der Waals surface area contributed by atoms with Gasteiger partial charge in [-0.1, -0.05) is 0 Å². The van der Waals surface area contributed by atoms with Gasteiger partial charge in [0, 0.05) is 18.0 Å². The number of hydrogen-bond donors (Lipinski definition) is 1. The molecule has 0 aliphatic carbocycles. The number of nitrogen functional groups attached to an aromatic ring is 1. The zero-order chi connectivity index (χ0) is 13.8. The van der Waals surface area contributed by atoms with Crippen molar-refractivity contribution in [2.45, 2.75) is 6.61 Å². The normalized spacial score (nSPS) is 10.5. The topological polar surface area (TPSA) is 70.3 Å². The number of halogens is 2. The predicted octanol–water partition coefficient (Wildman–Crippen LogP) is 2.34. The van der Waals surface area contributed by atoms with Gasteiger partial charge in [0.15, 0.2) is 11.5 Å². The number of benzene rings is 1. The number of methoxy groups -OCH3 is 1. The summed E-state index contributed by atoms with van der Waals surface area (Å²) in [7, 11) is 1.37. The Morgan fingerprint density at radius 3 is 2.53 bits per heavy atom. The van der Waals surface area contributed by atoms with Crippen molar-refractivity contribution < 1.29 is 18.3 Å². The monoisotopic (exact) mass is 267 g/mol. The third kappa shape index (κ3) is 2.87. The Balaban J connectivity index is 2.46. The lowest BCUT2D eigenvalue weighted by Gasteiger charge is -2.11. The van der Waals surface area contributed by atoms with Crippen LogP contribution in [-0.2, 0) is 0 Å². The molecule has 0 fully saturated rings. The largest absolute Gasteiger partial charge is 0.493 e. The average molecular weight is 267 g/mol. The van der Waals surface area contributed by atoms with Gasteiger partial charge in [-0.3, -0.25) is 4.98 Å². The summed E-state index contributed by atoms with van der Waals surface area (Å²) in [5.74, 6) is 0.322. The van der Waals surface area contributed by atoms with E-state index in [1.54, 1.807) is 6.07 Å². The fourth-order valence-electron chi connectivity index (χ4n) is 1.58. The molecular weight excluding hydrogens is 256 g/mol. The van der Waals surface area contributed by atoms with Crippen molar-refractivity contribution in [1.29, 1.82) is 0 Å². The molecule has 0 aliphatic heterocycles. The number of alkyl halides is 2. The minimum Gasteiger partial charge on any atom is -0.493 e. The molecule has 7 heteroatoms. The quantitative estimate of drug-likeness (QED) is 0.920. The third-order valence-corrected chi connectivity index (χ3v) is 2.38. The van der Waals surface area contributed by atoms with Gasteiger partial charge < -0.3 is 15.2 Å². The fourth-order valence-corrected chi connectivity index (χ4v) is 1.58. The first-order valence-electron chi connectivity index (χ1n) is 5.31. The lowest BCUT2D eigenvalue weighted by Crippen LogP contribution is -2.04. The molecule has 0 radical (unpaired) electrons. The second-order valence-electron chi connectivity index (χ2n) is 3.53. The van der Waals surface area contributed by atoms with E-state index >= 15 is 0 Å². The van der Waals surface area contributed by atoms with E-state index in [1.807, 2.05) is 0 Å². The van der Waals surface area contributed by atoms with Gasteiger partial charge in [-0.25, -0.2) is 4.98 Å². The van der Waals surface area contributed by atoms with E-state index in [4.69, 9.17) is 10.5 Å². The van der Waals surface area contributed by atoms with Crippen LogP contribution in [0.2, 0.25) is 0 Å². The molecule has 1 heterocycles. The number of nitrogens with zero attached hydrogens (tertiary/aromatic N) is 2. The second kappa shape index (κ2) is 5.47. The van der Waals surface area contributed by atoms with E-state index in [9.17, 15) is 8.78 Å². The molecule has 5 nitrogen and oxygen atoms in total. The van der Waals surface area contributed by atoms with E-state index in [0.29, 0.717) is 11.3 Å². The number of aromatic nitrogens is 2. The maximum atomic E-state index is 12.3. The van der Waals surface area contributed by atoms with Crippen molar-refractivity contribution in [3.63, 3.8) is 0 Å². The summed E-state index contributed by atoms with van der Waals surface area (Å²) in [5, 5.41) is 0. The van der Waals surface area contributed by atoms with Gasteiger partial charge in [0.25, 0.3) is 0 Å². The number of nitrogens with two attached hydrogens (primary N) is 1. The van der Waals surface area contributed by atoms with Crippen LogP contribution in [0.1, 0.15) is 0 Å². The smallest absolute Gasteiger partial charge is 0.387 e. The Bertz CT molecular complexity index is 579. The minimum absolute atomic E-state index is 0.0833. The van der Waals surface area contributed by atoms with Crippen LogP contribution in [0.25, 0.3) is 11.3 Å². The highest BCUT2D eigenvalue weighted by Gasteiger charge is 2.13. The number of hydrogen-bond acceptors (Lipinski definition) is 5. The van der Waals surface area contributed by atoms with Gasteiger partial charge in [0.05, 0.1) is 7.11 Å². The molecule has 0 aliphatic rings. The van der Waals surface area contributed by atoms with Crippen molar-refractivity contribution in [2.75, 3.05) is 12.8 Å².